The van der Waals surface area contributed by atoms with Crippen LogP contribution >= 0.6 is 23.1 Å². The highest BCUT2D eigenvalue weighted by Gasteiger charge is 2.36. The number of rotatable bonds is 2. The van der Waals surface area contributed by atoms with E-state index in [1.807, 2.05) is 17.5 Å². The molecule has 3 heterocycles. The van der Waals surface area contributed by atoms with Crippen molar-refractivity contribution in [2.75, 3.05) is 10.7 Å². The Kier molecular flexibility index (Phi) is 2.45. The lowest BCUT2D eigenvalue weighted by Gasteiger charge is -2.18. The van der Waals surface area contributed by atoms with Crippen molar-refractivity contribution in [2.45, 2.75) is 5.37 Å². The Bertz CT molecular complexity index is 481. The van der Waals surface area contributed by atoms with Gasteiger partial charge in [-0.1, -0.05) is 0 Å². The van der Waals surface area contributed by atoms with Crippen molar-refractivity contribution >= 4 is 34.1 Å². The van der Waals surface area contributed by atoms with E-state index in [1.54, 1.807) is 29.1 Å². The number of nitrogens with zero attached hydrogens (tertiary/aromatic N) is 2. The summed E-state index contributed by atoms with van der Waals surface area (Å²) in [6.07, 6.45) is 3.33. The topological polar surface area (TPSA) is 46.3 Å². The minimum absolute atomic E-state index is 0.0753. The summed E-state index contributed by atoms with van der Waals surface area (Å²) >= 11 is 3.03. The van der Waals surface area contributed by atoms with E-state index in [9.17, 15) is 4.79 Å². The molecular weight excluding hydrogens is 244 g/mol. The van der Waals surface area contributed by atoms with Gasteiger partial charge in [-0.25, -0.2) is 4.98 Å². The quantitative estimate of drug-likeness (QED) is 0.824. The summed E-state index contributed by atoms with van der Waals surface area (Å²) in [5, 5.41) is 2.52. The molecule has 0 N–H and O–H groups in total. The second-order valence-electron chi connectivity index (χ2n) is 3.26. The highest BCUT2D eigenvalue weighted by Crippen LogP contribution is 2.42. The van der Waals surface area contributed by atoms with E-state index < -0.39 is 0 Å². The van der Waals surface area contributed by atoms with Crippen LogP contribution in [0.1, 0.15) is 11.1 Å². The summed E-state index contributed by atoms with van der Waals surface area (Å²) in [7, 11) is 0. The van der Waals surface area contributed by atoms with Crippen molar-refractivity contribution in [3.63, 3.8) is 0 Å². The van der Waals surface area contributed by atoms with Gasteiger partial charge >= 0.3 is 0 Å². The predicted molar refractivity (Wildman–Crippen MR) is 63.5 cm³/mol. The molecule has 0 saturated carbocycles. The molecule has 1 amide bonds. The van der Waals surface area contributed by atoms with Crippen molar-refractivity contribution in [1.29, 1.82) is 0 Å². The van der Waals surface area contributed by atoms with Gasteiger partial charge in [-0.3, -0.25) is 9.69 Å². The summed E-state index contributed by atoms with van der Waals surface area (Å²) in [4.78, 5) is 17.7. The summed E-state index contributed by atoms with van der Waals surface area (Å²) < 4.78 is 5.36. The first-order chi connectivity index (χ1) is 7.86. The second-order valence-corrected chi connectivity index (χ2v) is 5.20. The first-order valence-corrected chi connectivity index (χ1v) is 6.65. The first kappa shape index (κ1) is 9.92. The van der Waals surface area contributed by atoms with Crippen molar-refractivity contribution < 1.29 is 9.21 Å². The van der Waals surface area contributed by atoms with E-state index in [4.69, 9.17) is 4.42 Å². The molecule has 1 saturated heterocycles. The van der Waals surface area contributed by atoms with E-state index in [0.29, 0.717) is 5.75 Å². The lowest BCUT2D eigenvalue weighted by Crippen LogP contribution is -2.27. The third kappa shape index (κ3) is 1.54. The largest absolute Gasteiger partial charge is 0.466 e. The maximum absolute atomic E-state index is 11.8. The van der Waals surface area contributed by atoms with Crippen molar-refractivity contribution in [3.8, 4) is 0 Å². The van der Waals surface area contributed by atoms with Crippen LogP contribution in [0, 0.1) is 0 Å². The Morgan fingerprint density at radius 3 is 3.19 bits per heavy atom. The molecule has 2 aromatic rings. The van der Waals surface area contributed by atoms with Crippen LogP contribution in [0.2, 0.25) is 0 Å². The number of carbonyl (C=O) groups is 1. The van der Waals surface area contributed by atoms with Crippen LogP contribution < -0.4 is 4.90 Å². The molecule has 1 fully saturated rings. The van der Waals surface area contributed by atoms with Crippen LogP contribution in [0.15, 0.2) is 34.4 Å². The van der Waals surface area contributed by atoms with E-state index in [1.165, 1.54) is 11.3 Å². The first-order valence-electron chi connectivity index (χ1n) is 4.73. The number of amides is 1. The third-order valence-electron chi connectivity index (χ3n) is 2.28. The highest BCUT2D eigenvalue weighted by atomic mass is 32.2. The maximum atomic E-state index is 11.8. The summed E-state index contributed by atoms with van der Waals surface area (Å²) in [5.41, 5.74) is 0. The second kappa shape index (κ2) is 3.95. The molecule has 4 nitrogen and oxygen atoms in total. The molecule has 82 valence electrons. The average molecular weight is 252 g/mol. The zero-order valence-corrected chi connectivity index (χ0v) is 9.83. The summed E-state index contributed by atoms with van der Waals surface area (Å²) in [5.74, 6) is 1.36. The smallest absolute Gasteiger partial charge is 0.240 e. The van der Waals surface area contributed by atoms with E-state index >= 15 is 0 Å². The van der Waals surface area contributed by atoms with Gasteiger partial charge in [-0.15, -0.1) is 23.1 Å². The molecule has 0 aromatic carbocycles. The Hall–Kier alpha value is -1.27. The van der Waals surface area contributed by atoms with Gasteiger partial charge in [0.05, 0.1) is 12.0 Å². The Labute approximate surface area is 100 Å². The lowest BCUT2D eigenvalue weighted by molar-refractivity contribution is -0.115. The van der Waals surface area contributed by atoms with Gasteiger partial charge in [0.1, 0.15) is 11.1 Å². The van der Waals surface area contributed by atoms with Gasteiger partial charge in [0, 0.05) is 11.6 Å². The summed E-state index contributed by atoms with van der Waals surface area (Å²) in [6, 6.07) is 3.72. The number of furan rings is 1. The van der Waals surface area contributed by atoms with Crippen LogP contribution in [0.5, 0.6) is 0 Å². The number of thiazole rings is 1. The van der Waals surface area contributed by atoms with Gasteiger partial charge in [-0.2, -0.15) is 0 Å². The molecule has 1 atom stereocenters. The van der Waals surface area contributed by atoms with Crippen molar-refractivity contribution in [3.05, 3.63) is 35.7 Å². The standard InChI is InChI=1S/C10H8N2O2S2/c13-8-6-16-9(7-2-1-4-14-7)12(8)10-11-3-5-15-10/h1-5,9H,6H2/t9-/m1/s1. The number of hydrogen-bond acceptors (Lipinski definition) is 5. The monoisotopic (exact) mass is 252 g/mol. The van der Waals surface area contributed by atoms with E-state index in [0.717, 1.165) is 10.9 Å². The molecule has 6 heteroatoms. The molecule has 2 aromatic heterocycles. The van der Waals surface area contributed by atoms with Crippen LogP contribution in [-0.4, -0.2) is 16.6 Å². The molecule has 16 heavy (non-hydrogen) atoms. The fourth-order valence-electron chi connectivity index (χ4n) is 1.61. The zero-order chi connectivity index (χ0) is 11.0. The molecule has 3 rings (SSSR count). The molecule has 0 radical (unpaired) electrons. The molecule has 0 unspecified atom stereocenters. The number of aromatic nitrogens is 1. The molecule has 0 bridgehead atoms. The fourth-order valence-corrected chi connectivity index (χ4v) is 3.47. The van der Waals surface area contributed by atoms with Gasteiger partial charge < -0.3 is 4.42 Å². The van der Waals surface area contributed by atoms with Crippen LogP contribution in [0.4, 0.5) is 5.13 Å². The predicted octanol–water partition coefficient (Wildman–Crippen LogP) is 2.51. The average Bonchev–Trinajstić information content (AvgIpc) is 2.96. The van der Waals surface area contributed by atoms with E-state index in [-0.39, 0.29) is 11.3 Å². The van der Waals surface area contributed by atoms with E-state index in [2.05, 4.69) is 4.98 Å². The van der Waals surface area contributed by atoms with Gasteiger partial charge in [0.2, 0.25) is 5.91 Å². The summed E-state index contributed by atoms with van der Waals surface area (Å²) in [6.45, 7) is 0. The van der Waals surface area contributed by atoms with Crippen LogP contribution in [-0.2, 0) is 4.79 Å². The normalized spacial score (nSPS) is 20.6. The lowest BCUT2D eigenvalue weighted by atomic mass is 10.4. The number of thioether (sulfide) groups is 1. The molecule has 1 aliphatic rings. The minimum Gasteiger partial charge on any atom is -0.466 e. The zero-order valence-electron chi connectivity index (χ0n) is 8.20. The van der Waals surface area contributed by atoms with Gasteiger partial charge in [0.25, 0.3) is 0 Å². The van der Waals surface area contributed by atoms with Gasteiger partial charge in [-0.05, 0) is 12.1 Å². The number of hydrogen-bond donors (Lipinski definition) is 0. The van der Waals surface area contributed by atoms with Crippen molar-refractivity contribution in [1.82, 2.24) is 4.98 Å². The highest BCUT2D eigenvalue weighted by molar-refractivity contribution is 8.00. The fraction of sp³-hybridized carbons (Fsp3) is 0.200. The molecule has 1 aliphatic heterocycles. The molecule has 0 spiro atoms. The minimum atomic E-state index is -0.0753. The number of anilines is 1. The number of carbonyl (C=O) groups excluding carboxylic acids is 1. The Morgan fingerprint density at radius 2 is 2.50 bits per heavy atom. The van der Waals surface area contributed by atoms with Crippen molar-refractivity contribution in [2.24, 2.45) is 0 Å². The molecule has 0 aliphatic carbocycles. The van der Waals surface area contributed by atoms with Gasteiger partial charge in [0.15, 0.2) is 5.13 Å². The maximum Gasteiger partial charge on any atom is 0.240 e. The Balaban J connectivity index is 1.97. The third-order valence-corrected chi connectivity index (χ3v) is 4.22. The Morgan fingerprint density at radius 1 is 1.56 bits per heavy atom. The molecular formula is C10H8N2O2S2. The SMILES string of the molecule is O=C1CS[C@H](c2ccco2)N1c1nccs1. The van der Waals surface area contributed by atoms with Crippen LogP contribution in [0.25, 0.3) is 0 Å². The van der Waals surface area contributed by atoms with Crippen LogP contribution in [0.3, 0.4) is 0 Å².